The van der Waals surface area contributed by atoms with E-state index >= 15 is 0 Å². The molecule has 1 aromatic rings. The molecule has 0 aliphatic carbocycles. The molecule has 19 heavy (non-hydrogen) atoms. The summed E-state index contributed by atoms with van der Waals surface area (Å²) in [5, 5.41) is 41.6. The molecule has 1 aliphatic rings. The first-order chi connectivity index (χ1) is 8.60. The fourth-order valence-electron chi connectivity index (χ4n) is 2.26. The van der Waals surface area contributed by atoms with E-state index in [2.05, 4.69) is 0 Å². The van der Waals surface area contributed by atoms with Crippen LogP contribution in [0.4, 0.5) is 0 Å². The molecule has 6 heteroatoms. The van der Waals surface area contributed by atoms with Gasteiger partial charge in [0.1, 0.15) is 6.17 Å². The van der Waals surface area contributed by atoms with Crippen LogP contribution in [0.25, 0.3) is 0 Å². The van der Waals surface area contributed by atoms with Gasteiger partial charge in [0, 0.05) is 0 Å². The summed E-state index contributed by atoms with van der Waals surface area (Å²) in [4.78, 5) is 0. The van der Waals surface area contributed by atoms with Crippen LogP contribution in [0.2, 0.25) is 0 Å². The van der Waals surface area contributed by atoms with Crippen LogP contribution in [0.15, 0.2) is 18.2 Å². The standard InChI is InChI=1S/C13H20N2O4/c1-12(2)13(3,4)15(19)11(14(12)18)8-5-6-9(16)10(17)7-8/h5-7,11,16-19H,1-4H3. The average Bonchev–Trinajstić information content (AvgIpc) is 2.43. The van der Waals surface area contributed by atoms with E-state index < -0.39 is 17.2 Å². The third kappa shape index (κ3) is 1.80. The van der Waals surface area contributed by atoms with Crippen molar-refractivity contribution in [3.8, 4) is 11.5 Å². The molecule has 0 radical (unpaired) electrons. The highest BCUT2D eigenvalue weighted by Crippen LogP contribution is 2.48. The summed E-state index contributed by atoms with van der Waals surface area (Å²) < 4.78 is 0. The van der Waals surface area contributed by atoms with Crippen LogP contribution < -0.4 is 0 Å². The van der Waals surface area contributed by atoms with Crippen molar-refractivity contribution in [2.45, 2.75) is 44.9 Å². The second-order valence-corrected chi connectivity index (χ2v) is 5.93. The quantitative estimate of drug-likeness (QED) is 0.583. The van der Waals surface area contributed by atoms with E-state index in [0.717, 1.165) is 10.1 Å². The van der Waals surface area contributed by atoms with Gasteiger partial charge in [-0.05, 0) is 45.4 Å². The molecule has 0 aromatic heterocycles. The lowest BCUT2D eigenvalue weighted by atomic mass is 9.84. The van der Waals surface area contributed by atoms with E-state index in [9.17, 15) is 20.6 Å². The molecule has 106 valence electrons. The fraction of sp³-hybridized carbons (Fsp3) is 0.538. The van der Waals surface area contributed by atoms with Gasteiger partial charge in [0.15, 0.2) is 11.5 Å². The number of nitrogens with zero attached hydrogens (tertiary/aromatic N) is 2. The lowest BCUT2D eigenvalue weighted by Gasteiger charge is -2.37. The second kappa shape index (κ2) is 4.08. The molecule has 0 spiro atoms. The first-order valence-electron chi connectivity index (χ1n) is 6.09. The Bertz CT molecular complexity index is 481. The highest BCUT2D eigenvalue weighted by molar-refractivity contribution is 5.41. The van der Waals surface area contributed by atoms with Gasteiger partial charge in [-0.2, -0.15) is 10.1 Å². The smallest absolute Gasteiger partial charge is 0.157 e. The third-order valence-electron chi connectivity index (χ3n) is 4.40. The summed E-state index contributed by atoms with van der Waals surface area (Å²) in [5.41, 5.74) is -0.904. The molecule has 6 nitrogen and oxygen atoms in total. The van der Waals surface area contributed by atoms with Gasteiger partial charge in [0.2, 0.25) is 0 Å². The Morgan fingerprint density at radius 3 is 1.79 bits per heavy atom. The zero-order valence-corrected chi connectivity index (χ0v) is 11.5. The number of phenols is 2. The lowest BCUT2D eigenvalue weighted by Crippen LogP contribution is -2.52. The summed E-state index contributed by atoms with van der Waals surface area (Å²) in [6.45, 7) is 7.26. The van der Waals surface area contributed by atoms with E-state index in [-0.39, 0.29) is 11.5 Å². The first-order valence-corrected chi connectivity index (χ1v) is 6.09. The number of phenolic OH excluding ortho intramolecular Hbond substituents is 2. The molecule has 1 aliphatic heterocycles. The van der Waals surface area contributed by atoms with Crippen LogP contribution in [0.3, 0.4) is 0 Å². The minimum atomic E-state index is -0.809. The molecule has 1 aromatic carbocycles. The van der Waals surface area contributed by atoms with E-state index in [0.29, 0.717) is 5.56 Å². The van der Waals surface area contributed by atoms with Gasteiger partial charge in [-0.15, -0.1) is 0 Å². The Morgan fingerprint density at radius 1 is 0.895 bits per heavy atom. The van der Waals surface area contributed by atoms with Crippen LogP contribution in [-0.2, 0) is 0 Å². The molecular weight excluding hydrogens is 248 g/mol. The van der Waals surface area contributed by atoms with E-state index in [1.165, 1.54) is 12.1 Å². The van der Waals surface area contributed by atoms with Crippen LogP contribution >= 0.6 is 0 Å². The molecular formula is C13H20N2O4. The van der Waals surface area contributed by atoms with Crippen molar-refractivity contribution in [2.24, 2.45) is 0 Å². The molecule has 1 fully saturated rings. The molecule has 1 heterocycles. The highest BCUT2D eigenvalue weighted by atomic mass is 16.6. The Morgan fingerprint density at radius 2 is 1.37 bits per heavy atom. The Balaban J connectivity index is 2.48. The molecule has 4 N–H and O–H groups in total. The summed E-state index contributed by atoms with van der Waals surface area (Å²) in [5.74, 6) is -0.531. The monoisotopic (exact) mass is 268 g/mol. The van der Waals surface area contributed by atoms with E-state index in [4.69, 9.17) is 0 Å². The van der Waals surface area contributed by atoms with Gasteiger partial charge in [-0.3, -0.25) is 0 Å². The van der Waals surface area contributed by atoms with Crippen molar-refractivity contribution in [3.63, 3.8) is 0 Å². The molecule has 1 saturated heterocycles. The molecule has 0 bridgehead atoms. The Hall–Kier alpha value is -1.34. The third-order valence-corrected chi connectivity index (χ3v) is 4.40. The van der Waals surface area contributed by atoms with Gasteiger partial charge in [-0.1, -0.05) is 6.07 Å². The molecule has 0 atom stereocenters. The van der Waals surface area contributed by atoms with Crippen molar-refractivity contribution in [3.05, 3.63) is 23.8 Å². The van der Waals surface area contributed by atoms with Gasteiger partial charge < -0.3 is 20.6 Å². The average molecular weight is 268 g/mol. The predicted octanol–water partition coefficient (Wildman–Crippen LogP) is 2.05. The fourth-order valence-corrected chi connectivity index (χ4v) is 2.26. The number of rotatable bonds is 1. The van der Waals surface area contributed by atoms with Crippen molar-refractivity contribution >= 4 is 0 Å². The van der Waals surface area contributed by atoms with Crippen molar-refractivity contribution < 1.29 is 20.6 Å². The predicted molar refractivity (Wildman–Crippen MR) is 67.9 cm³/mol. The van der Waals surface area contributed by atoms with Crippen molar-refractivity contribution in [1.82, 2.24) is 10.1 Å². The first kappa shape index (κ1) is 14.1. The van der Waals surface area contributed by atoms with Crippen molar-refractivity contribution in [2.75, 3.05) is 0 Å². The van der Waals surface area contributed by atoms with Gasteiger partial charge in [-0.25, -0.2) is 0 Å². The number of benzene rings is 1. The zero-order valence-electron chi connectivity index (χ0n) is 11.5. The summed E-state index contributed by atoms with van der Waals surface area (Å²) in [6.07, 6.45) is -0.809. The maximum absolute atomic E-state index is 10.3. The number of aromatic hydroxyl groups is 2. The van der Waals surface area contributed by atoms with Crippen LogP contribution in [0.5, 0.6) is 11.5 Å². The largest absolute Gasteiger partial charge is 0.504 e. The molecule has 0 saturated carbocycles. The van der Waals surface area contributed by atoms with E-state index in [1.54, 1.807) is 6.07 Å². The number of hydrogen-bond donors (Lipinski definition) is 4. The summed E-state index contributed by atoms with van der Waals surface area (Å²) in [6, 6.07) is 4.19. The second-order valence-electron chi connectivity index (χ2n) is 5.93. The Kier molecular flexibility index (Phi) is 3.02. The summed E-state index contributed by atoms with van der Waals surface area (Å²) >= 11 is 0. The van der Waals surface area contributed by atoms with Gasteiger partial charge in [0.05, 0.1) is 11.1 Å². The summed E-state index contributed by atoms with van der Waals surface area (Å²) in [7, 11) is 0. The minimum Gasteiger partial charge on any atom is -0.504 e. The number of hydrogen-bond acceptors (Lipinski definition) is 6. The van der Waals surface area contributed by atoms with Crippen LogP contribution in [-0.4, -0.2) is 41.8 Å². The maximum atomic E-state index is 10.3. The Labute approximate surface area is 112 Å². The van der Waals surface area contributed by atoms with Gasteiger partial charge >= 0.3 is 0 Å². The van der Waals surface area contributed by atoms with Gasteiger partial charge in [0.25, 0.3) is 0 Å². The van der Waals surface area contributed by atoms with E-state index in [1.807, 2.05) is 27.7 Å². The molecule has 2 rings (SSSR count). The zero-order chi connectivity index (χ0) is 14.6. The topological polar surface area (TPSA) is 87.4 Å². The lowest BCUT2D eigenvalue weighted by molar-refractivity contribution is -0.223. The highest BCUT2D eigenvalue weighted by Gasteiger charge is 2.58. The van der Waals surface area contributed by atoms with Crippen LogP contribution in [0, 0.1) is 0 Å². The minimum absolute atomic E-state index is 0.241. The maximum Gasteiger partial charge on any atom is 0.157 e. The van der Waals surface area contributed by atoms with Crippen LogP contribution in [0.1, 0.15) is 39.4 Å². The molecule has 0 unspecified atom stereocenters. The van der Waals surface area contributed by atoms with Crippen molar-refractivity contribution in [1.29, 1.82) is 0 Å². The normalized spacial score (nSPS) is 23.9. The SMILES string of the molecule is CC1(C)N(O)C(c2ccc(O)c(O)c2)N(O)C1(C)C. The molecule has 0 amide bonds. The number of hydroxylamine groups is 4.